The first-order valence-electron chi connectivity index (χ1n) is 8.45. The lowest BCUT2D eigenvalue weighted by atomic mass is 9.86. The van der Waals surface area contributed by atoms with Crippen molar-refractivity contribution in [3.8, 4) is 5.75 Å². The minimum atomic E-state index is -0.358. The topological polar surface area (TPSA) is 67.6 Å². The molecule has 0 spiro atoms. The normalized spacial score (nSPS) is 17.6. The average molecular weight is 337 g/mol. The van der Waals surface area contributed by atoms with Crippen LogP contribution in [-0.2, 0) is 0 Å². The Kier molecular flexibility index (Phi) is 6.04. The van der Waals surface area contributed by atoms with Gasteiger partial charge in [0.25, 0.3) is 0 Å². The van der Waals surface area contributed by atoms with Crippen LogP contribution in [0.4, 0.5) is 9.18 Å². The molecule has 2 amide bonds. The average Bonchev–Trinajstić information content (AvgIpc) is 2.52. The van der Waals surface area contributed by atoms with Gasteiger partial charge in [-0.3, -0.25) is 0 Å². The Labute approximate surface area is 143 Å². The lowest BCUT2D eigenvalue weighted by Gasteiger charge is -2.38. The van der Waals surface area contributed by atoms with E-state index in [1.165, 1.54) is 6.07 Å². The molecule has 1 heterocycles. The van der Waals surface area contributed by atoms with Gasteiger partial charge in [-0.05, 0) is 30.4 Å². The Morgan fingerprint density at radius 2 is 2.00 bits per heavy atom. The van der Waals surface area contributed by atoms with Crippen LogP contribution in [-0.4, -0.2) is 42.7 Å². The molecule has 0 bridgehead atoms. The first-order chi connectivity index (χ1) is 11.3. The maximum atomic E-state index is 13.7. The molecular formula is C18H28FN3O2. The molecule has 2 rings (SSSR count). The van der Waals surface area contributed by atoms with E-state index < -0.39 is 0 Å². The van der Waals surface area contributed by atoms with Crippen LogP contribution >= 0.6 is 0 Å². The summed E-state index contributed by atoms with van der Waals surface area (Å²) < 4.78 is 19.4. The van der Waals surface area contributed by atoms with Crippen molar-refractivity contribution in [3.63, 3.8) is 0 Å². The van der Waals surface area contributed by atoms with Crippen molar-refractivity contribution in [3.05, 3.63) is 30.1 Å². The smallest absolute Gasteiger partial charge is 0.314 e. The second-order valence-electron chi connectivity index (χ2n) is 7.43. The van der Waals surface area contributed by atoms with Crippen LogP contribution in [0.25, 0.3) is 0 Å². The summed E-state index contributed by atoms with van der Waals surface area (Å²) in [6, 6.07) is 6.46. The molecule has 1 atom stereocenters. The highest BCUT2D eigenvalue weighted by molar-refractivity contribution is 5.72. The second-order valence-corrected chi connectivity index (χ2v) is 7.43. The van der Waals surface area contributed by atoms with Gasteiger partial charge in [-0.2, -0.15) is 0 Å². The summed E-state index contributed by atoms with van der Waals surface area (Å²) in [5.74, 6) is -0.0722. The maximum Gasteiger partial charge on any atom is 0.314 e. The number of ether oxygens (including phenoxy) is 1. The number of para-hydroxylation sites is 1. The monoisotopic (exact) mass is 337 g/mol. The molecule has 1 saturated heterocycles. The molecule has 1 aromatic rings. The van der Waals surface area contributed by atoms with Crippen LogP contribution < -0.4 is 15.8 Å². The van der Waals surface area contributed by atoms with Crippen molar-refractivity contribution in [2.75, 3.05) is 19.7 Å². The van der Waals surface area contributed by atoms with Crippen LogP contribution in [0.2, 0.25) is 0 Å². The number of carbonyl (C=O) groups excluding carboxylic acids is 1. The van der Waals surface area contributed by atoms with Crippen molar-refractivity contribution in [2.24, 2.45) is 11.1 Å². The summed E-state index contributed by atoms with van der Waals surface area (Å²) in [5.41, 5.74) is 5.28. The molecular weight excluding hydrogens is 309 g/mol. The van der Waals surface area contributed by atoms with E-state index in [1.807, 2.05) is 0 Å². The standard InChI is InChI=1S/C18H28FN3O2/c1-18(2,3)16(12-24-15-7-5-4-6-14(15)19)21-13-8-10-22(11-9-13)17(20)23/h4-7,13,16,21H,8-12H2,1-3H3,(H2,20,23). The summed E-state index contributed by atoms with van der Waals surface area (Å²) >= 11 is 0. The van der Waals surface area contributed by atoms with Gasteiger partial charge in [-0.15, -0.1) is 0 Å². The van der Waals surface area contributed by atoms with Gasteiger partial charge in [0.05, 0.1) is 0 Å². The third-order valence-corrected chi connectivity index (χ3v) is 4.53. The zero-order valence-electron chi connectivity index (χ0n) is 14.7. The molecule has 1 aliphatic rings. The number of carbonyl (C=O) groups is 1. The van der Waals surface area contributed by atoms with Crippen molar-refractivity contribution < 1.29 is 13.9 Å². The van der Waals surface area contributed by atoms with E-state index in [9.17, 15) is 9.18 Å². The summed E-state index contributed by atoms with van der Waals surface area (Å²) in [6.07, 6.45) is 1.71. The van der Waals surface area contributed by atoms with Crippen LogP contribution in [0.5, 0.6) is 5.75 Å². The van der Waals surface area contributed by atoms with Crippen molar-refractivity contribution in [1.82, 2.24) is 10.2 Å². The lowest BCUT2D eigenvalue weighted by molar-refractivity contribution is 0.135. The number of likely N-dealkylation sites (tertiary alicyclic amines) is 1. The summed E-state index contributed by atoms with van der Waals surface area (Å²) in [7, 11) is 0. The number of primary amides is 1. The Morgan fingerprint density at radius 1 is 1.38 bits per heavy atom. The summed E-state index contributed by atoms with van der Waals surface area (Å²) in [5, 5.41) is 3.62. The molecule has 6 heteroatoms. The van der Waals surface area contributed by atoms with Gasteiger partial charge in [0.2, 0.25) is 0 Å². The second kappa shape index (κ2) is 7.83. The van der Waals surface area contributed by atoms with Gasteiger partial charge in [0, 0.05) is 25.2 Å². The fourth-order valence-corrected chi connectivity index (χ4v) is 2.83. The molecule has 3 N–H and O–H groups in total. The van der Waals surface area contributed by atoms with Gasteiger partial charge >= 0.3 is 6.03 Å². The number of hydrogen-bond acceptors (Lipinski definition) is 3. The Balaban J connectivity index is 1.92. The van der Waals surface area contributed by atoms with Crippen LogP contribution in [0.15, 0.2) is 24.3 Å². The number of rotatable bonds is 5. The number of halogens is 1. The van der Waals surface area contributed by atoms with Crippen molar-refractivity contribution >= 4 is 6.03 Å². The Hall–Kier alpha value is -1.82. The Bertz CT molecular complexity index is 551. The number of nitrogens with one attached hydrogen (secondary N) is 1. The maximum absolute atomic E-state index is 13.7. The van der Waals surface area contributed by atoms with E-state index in [0.717, 1.165) is 12.8 Å². The number of nitrogens with two attached hydrogens (primary N) is 1. The molecule has 1 unspecified atom stereocenters. The zero-order valence-corrected chi connectivity index (χ0v) is 14.7. The summed E-state index contributed by atoms with van der Waals surface area (Å²) in [6.45, 7) is 8.12. The van der Waals surface area contributed by atoms with Crippen LogP contribution in [0.3, 0.4) is 0 Å². The highest BCUT2D eigenvalue weighted by Gasteiger charge is 2.30. The van der Waals surface area contributed by atoms with Gasteiger partial charge in [0.1, 0.15) is 6.61 Å². The van der Waals surface area contributed by atoms with E-state index in [1.54, 1.807) is 23.1 Å². The molecule has 5 nitrogen and oxygen atoms in total. The minimum Gasteiger partial charge on any atom is -0.489 e. The molecule has 0 radical (unpaired) electrons. The van der Waals surface area contributed by atoms with E-state index in [-0.39, 0.29) is 29.1 Å². The minimum absolute atomic E-state index is 0.0356. The first kappa shape index (κ1) is 18.5. The third-order valence-electron chi connectivity index (χ3n) is 4.53. The van der Waals surface area contributed by atoms with Crippen molar-refractivity contribution in [2.45, 2.75) is 45.7 Å². The number of hydrogen-bond donors (Lipinski definition) is 2. The predicted octanol–water partition coefficient (Wildman–Crippen LogP) is 2.75. The molecule has 0 aromatic heterocycles. The van der Waals surface area contributed by atoms with Gasteiger partial charge in [0.15, 0.2) is 11.6 Å². The number of amides is 2. The molecule has 1 fully saturated rings. The van der Waals surface area contributed by atoms with Crippen molar-refractivity contribution in [1.29, 1.82) is 0 Å². The van der Waals surface area contributed by atoms with E-state index >= 15 is 0 Å². The van der Waals surface area contributed by atoms with E-state index in [2.05, 4.69) is 26.1 Å². The highest BCUT2D eigenvalue weighted by Crippen LogP contribution is 2.24. The molecule has 0 aliphatic carbocycles. The van der Waals surface area contributed by atoms with Gasteiger partial charge in [-0.1, -0.05) is 32.9 Å². The zero-order chi connectivity index (χ0) is 17.7. The SMILES string of the molecule is CC(C)(C)C(COc1ccccc1F)NC1CCN(C(N)=O)CC1. The van der Waals surface area contributed by atoms with Crippen LogP contribution in [0, 0.1) is 11.2 Å². The number of piperidine rings is 1. The quantitative estimate of drug-likeness (QED) is 0.868. The predicted molar refractivity (Wildman–Crippen MR) is 92.5 cm³/mol. The Morgan fingerprint density at radius 3 is 2.54 bits per heavy atom. The lowest BCUT2D eigenvalue weighted by Crippen LogP contribution is -2.53. The molecule has 1 aromatic carbocycles. The fraction of sp³-hybridized carbons (Fsp3) is 0.611. The first-order valence-corrected chi connectivity index (χ1v) is 8.45. The van der Waals surface area contributed by atoms with E-state index in [4.69, 9.17) is 10.5 Å². The highest BCUT2D eigenvalue weighted by atomic mass is 19.1. The van der Waals surface area contributed by atoms with Gasteiger partial charge in [-0.25, -0.2) is 9.18 Å². The molecule has 1 aliphatic heterocycles. The largest absolute Gasteiger partial charge is 0.489 e. The third kappa shape index (κ3) is 5.09. The number of nitrogens with zero attached hydrogens (tertiary/aromatic N) is 1. The number of urea groups is 1. The molecule has 134 valence electrons. The molecule has 24 heavy (non-hydrogen) atoms. The van der Waals surface area contributed by atoms with Gasteiger partial charge < -0.3 is 20.7 Å². The molecule has 0 saturated carbocycles. The fourth-order valence-electron chi connectivity index (χ4n) is 2.83. The van der Waals surface area contributed by atoms with Crippen LogP contribution in [0.1, 0.15) is 33.6 Å². The summed E-state index contributed by atoms with van der Waals surface area (Å²) in [4.78, 5) is 12.9. The van der Waals surface area contributed by atoms with E-state index in [0.29, 0.717) is 25.7 Å². The number of benzene rings is 1.